The third-order valence-corrected chi connectivity index (χ3v) is 7.10. The van der Waals surface area contributed by atoms with Crippen LogP contribution in [0.3, 0.4) is 0 Å². The Balaban J connectivity index is 2.83. The molecule has 1 aliphatic heterocycles. The number of nitrogens with zero attached hydrogens (tertiary/aromatic N) is 1. The Labute approximate surface area is 253 Å². The van der Waals surface area contributed by atoms with Crippen LogP contribution in [0.1, 0.15) is 72.6 Å². The summed E-state index contributed by atoms with van der Waals surface area (Å²) in [7, 11) is 0. The first-order valence-electron chi connectivity index (χ1n) is 15.1. The molecule has 1 fully saturated rings. The zero-order chi connectivity index (χ0) is 32.7. The molecule has 0 saturated carbocycles. The fourth-order valence-electron chi connectivity index (χ4n) is 4.85. The summed E-state index contributed by atoms with van der Waals surface area (Å²) in [6, 6.07) is -4.81. The van der Waals surface area contributed by atoms with E-state index in [1.165, 1.54) is 4.90 Å². The number of hydrogen-bond acceptors (Lipinski definition) is 9. The topological polar surface area (TPSA) is 252 Å². The van der Waals surface area contributed by atoms with Crippen molar-refractivity contribution in [1.82, 2.24) is 26.2 Å². The molecule has 0 aromatic carbocycles. The number of hydrogen-bond donors (Lipinski definition) is 8. The molecule has 43 heavy (non-hydrogen) atoms. The van der Waals surface area contributed by atoms with E-state index in [0.29, 0.717) is 38.8 Å². The first-order valence-corrected chi connectivity index (χ1v) is 15.1. The maximum atomic E-state index is 13.2. The Kier molecular flexibility index (Phi) is 16.7. The van der Waals surface area contributed by atoms with Crippen molar-refractivity contribution in [1.29, 1.82) is 0 Å². The maximum Gasteiger partial charge on any atom is 0.327 e. The SMILES string of the molecule is CC(C)C[C@H](NC(=O)CNC(=O)[C@H](CC(C)C)NC(=O)[C@@H]1CCCN1C(=O)[C@@H](N)CCCCN)C(=O)N[C@@H](CN)C(=O)O. The molecule has 0 bridgehead atoms. The van der Waals surface area contributed by atoms with E-state index in [-0.39, 0.29) is 37.1 Å². The summed E-state index contributed by atoms with van der Waals surface area (Å²) in [5.41, 5.74) is 17.0. The number of nitrogens with two attached hydrogens (primary N) is 3. The van der Waals surface area contributed by atoms with Gasteiger partial charge >= 0.3 is 5.97 Å². The largest absolute Gasteiger partial charge is 0.480 e. The first-order chi connectivity index (χ1) is 20.2. The highest BCUT2D eigenvalue weighted by molar-refractivity contribution is 5.95. The Bertz CT molecular complexity index is 961. The van der Waals surface area contributed by atoms with Crippen molar-refractivity contribution in [3.05, 3.63) is 0 Å². The van der Waals surface area contributed by atoms with Crippen LogP contribution in [0, 0.1) is 11.8 Å². The molecule has 0 unspecified atom stereocenters. The number of carboxylic acid groups (broad SMARTS) is 1. The molecule has 0 radical (unpaired) electrons. The van der Waals surface area contributed by atoms with Crippen molar-refractivity contribution < 1.29 is 33.9 Å². The average Bonchev–Trinajstić information content (AvgIpc) is 3.43. The van der Waals surface area contributed by atoms with Crippen molar-refractivity contribution in [2.45, 2.75) is 103 Å². The Morgan fingerprint density at radius 3 is 2.00 bits per heavy atom. The van der Waals surface area contributed by atoms with Crippen LogP contribution in [0.4, 0.5) is 0 Å². The van der Waals surface area contributed by atoms with Gasteiger partial charge in [-0.15, -0.1) is 0 Å². The predicted molar refractivity (Wildman–Crippen MR) is 160 cm³/mol. The number of carboxylic acids is 1. The lowest BCUT2D eigenvalue weighted by Gasteiger charge is -2.28. The second-order valence-electron chi connectivity index (χ2n) is 11.9. The summed E-state index contributed by atoms with van der Waals surface area (Å²) < 4.78 is 0. The second kappa shape index (κ2) is 19.1. The number of amides is 5. The summed E-state index contributed by atoms with van der Waals surface area (Å²) in [5.74, 6) is -4.03. The standard InChI is InChI=1S/C28H52N8O7/c1-16(2)12-19(34-26(40)22-9-7-11-36(22)27(41)18(31)8-5-6-10-29)24(38)32-15-23(37)33-20(13-17(3)4)25(39)35-21(14-30)28(42)43/h16-22H,5-15,29-31H2,1-4H3,(H,32,38)(H,33,37)(H,34,40)(H,35,39)(H,42,43)/t18-,19-,20-,21-,22-/m0/s1. The second-order valence-corrected chi connectivity index (χ2v) is 11.9. The number of carbonyl (C=O) groups excluding carboxylic acids is 5. The highest BCUT2D eigenvalue weighted by Gasteiger charge is 2.37. The summed E-state index contributed by atoms with van der Waals surface area (Å²) in [5, 5.41) is 19.3. The highest BCUT2D eigenvalue weighted by atomic mass is 16.4. The minimum absolute atomic E-state index is 0.0139. The fourth-order valence-corrected chi connectivity index (χ4v) is 4.85. The number of carbonyl (C=O) groups is 6. The number of nitrogens with one attached hydrogen (secondary N) is 4. The summed E-state index contributed by atoms with van der Waals surface area (Å²) in [4.78, 5) is 77.4. The molecule has 0 aromatic heterocycles. The molecule has 1 aliphatic rings. The number of rotatable bonds is 19. The van der Waals surface area contributed by atoms with Crippen LogP contribution in [0.5, 0.6) is 0 Å². The Morgan fingerprint density at radius 2 is 1.47 bits per heavy atom. The van der Waals surface area contributed by atoms with Gasteiger partial charge in [-0.05, 0) is 56.9 Å². The minimum Gasteiger partial charge on any atom is -0.480 e. The molecular weight excluding hydrogens is 560 g/mol. The van der Waals surface area contributed by atoms with E-state index in [2.05, 4.69) is 21.3 Å². The van der Waals surface area contributed by atoms with Gasteiger partial charge in [-0.1, -0.05) is 34.1 Å². The monoisotopic (exact) mass is 612 g/mol. The van der Waals surface area contributed by atoms with Gasteiger partial charge in [0.1, 0.15) is 24.2 Å². The lowest BCUT2D eigenvalue weighted by atomic mass is 10.0. The molecular formula is C28H52N8O7. The van der Waals surface area contributed by atoms with Crippen molar-refractivity contribution in [3.63, 3.8) is 0 Å². The number of aliphatic carboxylic acids is 1. The van der Waals surface area contributed by atoms with E-state index in [1.807, 2.05) is 27.7 Å². The van der Waals surface area contributed by atoms with E-state index in [1.54, 1.807) is 0 Å². The minimum atomic E-state index is -1.31. The third kappa shape index (κ3) is 13.3. The summed E-state index contributed by atoms with van der Waals surface area (Å²) in [6.45, 7) is 7.53. The van der Waals surface area contributed by atoms with E-state index in [0.717, 1.165) is 6.42 Å². The first kappa shape index (κ1) is 37.7. The van der Waals surface area contributed by atoms with Crippen molar-refractivity contribution in [2.75, 3.05) is 26.2 Å². The zero-order valence-electron chi connectivity index (χ0n) is 25.9. The van der Waals surface area contributed by atoms with E-state index in [4.69, 9.17) is 17.2 Å². The smallest absolute Gasteiger partial charge is 0.327 e. The van der Waals surface area contributed by atoms with Gasteiger partial charge in [0.05, 0.1) is 12.6 Å². The van der Waals surface area contributed by atoms with Crippen LogP contribution in [-0.2, 0) is 28.8 Å². The van der Waals surface area contributed by atoms with Crippen LogP contribution in [-0.4, -0.2) is 102 Å². The molecule has 15 nitrogen and oxygen atoms in total. The zero-order valence-corrected chi connectivity index (χ0v) is 25.9. The lowest BCUT2D eigenvalue weighted by Crippen LogP contribution is -2.57. The molecule has 0 aromatic rings. The van der Waals surface area contributed by atoms with Gasteiger partial charge in [-0.2, -0.15) is 0 Å². The molecule has 1 rings (SSSR count). The van der Waals surface area contributed by atoms with E-state index in [9.17, 15) is 33.9 Å². The van der Waals surface area contributed by atoms with Crippen LogP contribution in [0.2, 0.25) is 0 Å². The Morgan fingerprint density at radius 1 is 0.860 bits per heavy atom. The molecule has 246 valence electrons. The molecule has 1 saturated heterocycles. The highest BCUT2D eigenvalue weighted by Crippen LogP contribution is 2.20. The summed E-state index contributed by atoms with van der Waals surface area (Å²) in [6.07, 6.45) is 3.50. The van der Waals surface area contributed by atoms with Crippen LogP contribution < -0.4 is 38.5 Å². The van der Waals surface area contributed by atoms with Gasteiger partial charge < -0.3 is 48.5 Å². The van der Waals surface area contributed by atoms with Crippen LogP contribution in [0.15, 0.2) is 0 Å². The number of likely N-dealkylation sites (tertiary alicyclic amines) is 1. The van der Waals surface area contributed by atoms with Gasteiger partial charge in [0.25, 0.3) is 0 Å². The quantitative estimate of drug-likeness (QED) is 0.0755. The van der Waals surface area contributed by atoms with Gasteiger partial charge in [-0.3, -0.25) is 24.0 Å². The van der Waals surface area contributed by atoms with Crippen molar-refractivity contribution >= 4 is 35.5 Å². The average molecular weight is 613 g/mol. The molecule has 15 heteroatoms. The molecule has 0 aliphatic carbocycles. The number of unbranched alkanes of at least 4 members (excludes halogenated alkanes) is 1. The van der Waals surface area contributed by atoms with Gasteiger partial charge in [0.15, 0.2) is 0 Å². The summed E-state index contributed by atoms with van der Waals surface area (Å²) >= 11 is 0. The van der Waals surface area contributed by atoms with Gasteiger partial charge in [-0.25, -0.2) is 4.79 Å². The Hall–Kier alpha value is -3.30. The molecule has 1 heterocycles. The van der Waals surface area contributed by atoms with Crippen molar-refractivity contribution in [3.8, 4) is 0 Å². The van der Waals surface area contributed by atoms with Crippen molar-refractivity contribution in [2.24, 2.45) is 29.0 Å². The lowest BCUT2D eigenvalue weighted by molar-refractivity contribution is -0.142. The van der Waals surface area contributed by atoms with E-state index >= 15 is 0 Å². The van der Waals surface area contributed by atoms with Crippen LogP contribution >= 0.6 is 0 Å². The molecule has 5 atom stereocenters. The maximum absolute atomic E-state index is 13.2. The van der Waals surface area contributed by atoms with Crippen LogP contribution in [0.25, 0.3) is 0 Å². The third-order valence-electron chi connectivity index (χ3n) is 7.10. The van der Waals surface area contributed by atoms with E-state index < -0.39 is 66.4 Å². The molecule has 0 spiro atoms. The predicted octanol–water partition coefficient (Wildman–Crippen LogP) is -1.86. The molecule has 5 amide bonds. The van der Waals surface area contributed by atoms with Gasteiger partial charge in [0.2, 0.25) is 29.5 Å². The normalized spacial score (nSPS) is 17.6. The van der Waals surface area contributed by atoms with Gasteiger partial charge in [0, 0.05) is 13.1 Å². The molecule has 11 N–H and O–H groups in total. The fraction of sp³-hybridized carbons (Fsp3) is 0.786.